The predicted octanol–water partition coefficient (Wildman–Crippen LogP) is 3.86. The zero-order valence-electron chi connectivity index (χ0n) is 11.4. The molecule has 0 bridgehead atoms. The zero-order chi connectivity index (χ0) is 12.7. The van der Waals surface area contributed by atoms with E-state index < -0.39 is 0 Å². The van der Waals surface area contributed by atoms with Crippen LogP contribution in [-0.4, -0.2) is 16.3 Å². The molecule has 1 heterocycles. The number of nitrogens with zero attached hydrogens (tertiary/aromatic N) is 1. The van der Waals surface area contributed by atoms with Crippen LogP contribution in [0.1, 0.15) is 46.1 Å². The van der Waals surface area contributed by atoms with Crippen molar-refractivity contribution in [2.75, 3.05) is 5.75 Å². The van der Waals surface area contributed by atoms with Gasteiger partial charge in [-0.1, -0.05) is 19.4 Å². The van der Waals surface area contributed by atoms with Gasteiger partial charge >= 0.3 is 0 Å². The zero-order valence-corrected chi connectivity index (χ0v) is 12.2. The number of aromatic nitrogens is 1. The molecule has 96 valence electrons. The lowest BCUT2D eigenvalue weighted by Crippen LogP contribution is -2.35. The molecule has 0 atom stereocenters. The number of unbranched alkanes of at least 4 members (excludes halogenated alkanes) is 1. The standard InChI is InChI=1S/C14H24N2S/c1-5-6-10-17-13-12(8-7-9-15-13)11-16-14(2,3)4/h7-9,16H,5-6,10-11H2,1-4H3. The lowest BCUT2D eigenvalue weighted by atomic mass is 10.1. The van der Waals surface area contributed by atoms with Gasteiger partial charge in [-0.15, -0.1) is 11.8 Å². The van der Waals surface area contributed by atoms with Crippen LogP contribution in [0.25, 0.3) is 0 Å². The van der Waals surface area contributed by atoms with Crippen molar-refractivity contribution >= 4 is 11.8 Å². The quantitative estimate of drug-likeness (QED) is 0.614. The van der Waals surface area contributed by atoms with Crippen LogP contribution in [0.2, 0.25) is 0 Å². The minimum absolute atomic E-state index is 0.154. The van der Waals surface area contributed by atoms with Crippen molar-refractivity contribution in [3.63, 3.8) is 0 Å². The molecule has 0 aliphatic rings. The van der Waals surface area contributed by atoms with E-state index in [2.05, 4.69) is 44.1 Å². The second-order valence-corrected chi connectivity index (χ2v) is 6.36. The van der Waals surface area contributed by atoms with Gasteiger partial charge in [-0.3, -0.25) is 0 Å². The van der Waals surface area contributed by atoms with Crippen molar-refractivity contribution in [3.8, 4) is 0 Å². The largest absolute Gasteiger partial charge is 0.308 e. The Balaban J connectivity index is 2.58. The fourth-order valence-electron chi connectivity index (χ4n) is 1.36. The molecular weight excluding hydrogens is 228 g/mol. The molecule has 0 fully saturated rings. The minimum atomic E-state index is 0.154. The normalized spacial score (nSPS) is 11.8. The van der Waals surface area contributed by atoms with Gasteiger partial charge in [0.25, 0.3) is 0 Å². The lowest BCUT2D eigenvalue weighted by Gasteiger charge is -2.21. The molecule has 0 amide bonds. The molecule has 3 heteroatoms. The van der Waals surface area contributed by atoms with E-state index in [4.69, 9.17) is 0 Å². The van der Waals surface area contributed by atoms with Crippen molar-refractivity contribution in [1.29, 1.82) is 0 Å². The van der Waals surface area contributed by atoms with Crippen LogP contribution in [0.4, 0.5) is 0 Å². The number of hydrogen-bond acceptors (Lipinski definition) is 3. The molecule has 0 aliphatic heterocycles. The Kier molecular flexibility index (Phi) is 6.00. The molecule has 0 saturated carbocycles. The first-order valence-corrected chi connectivity index (χ1v) is 7.33. The maximum atomic E-state index is 4.47. The third-order valence-electron chi connectivity index (χ3n) is 2.40. The first-order valence-electron chi connectivity index (χ1n) is 6.34. The fraction of sp³-hybridized carbons (Fsp3) is 0.643. The fourth-order valence-corrected chi connectivity index (χ4v) is 2.45. The van der Waals surface area contributed by atoms with Crippen LogP contribution in [0.15, 0.2) is 23.4 Å². The molecule has 0 saturated heterocycles. The number of pyridine rings is 1. The van der Waals surface area contributed by atoms with Crippen LogP contribution in [0.3, 0.4) is 0 Å². The highest BCUT2D eigenvalue weighted by Gasteiger charge is 2.10. The second kappa shape index (κ2) is 7.02. The Bertz CT molecular complexity index is 331. The summed E-state index contributed by atoms with van der Waals surface area (Å²) in [5.41, 5.74) is 1.46. The van der Waals surface area contributed by atoms with Crippen LogP contribution in [0, 0.1) is 0 Å². The molecule has 0 spiro atoms. The van der Waals surface area contributed by atoms with E-state index in [0.29, 0.717) is 0 Å². The summed E-state index contributed by atoms with van der Waals surface area (Å²) in [5.74, 6) is 1.16. The summed E-state index contributed by atoms with van der Waals surface area (Å²) in [6, 6.07) is 4.18. The molecule has 0 radical (unpaired) electrons. The first-order chi connectivity index (χ1) is 8.03. The van der Waals surface area contributed by atoms with Crippen molar-refractivity contribution in [1.82, 2.24) is 10.3 Å². The van der Waals surface area contributed by atoms with Crippen LogP contribution in [-0.2, 0) is 6.54 Å². The van der Waals surface area contributed by atoms with Crippen LogP contribution < -0.4 is 5.32 Å². The van der Waals surface area contributed by atoms with Gasteiger partial charge in [-0.2, -0.15) is 0 Å². The van der Waals surface area contributed by atoms with Crippen molar-refractivity contribution < 1.29 is 0 Å². The Hall–Kier alpha value is -0.540. The minimum Gasteiger partial charge on any atom is -0.308 e. The van der Waals surface area contributed by atoms with Gasteiger partial charge in [0.1, 0.15) is 5.03 Å². The van der Waals surface area contributed by atoms with Gasteiger partial charge in [-0.25, -0.2) is 4.98 Å². The molecule has 0 aliphatic carbocycles. The summed E-state index contributed by atoms with van der Waals surface area (Å²) in [6.07, 6.45) is 4.39. The molecule has 2 nitrogen and oxygen atoms in total. The van der Waals surface area contributed by atoms with E-state index in [1.54, 1.807) is 0 Å². The summed E-state index contributed by atoms with van der Waals surface area (Å²) in [6.45, 7) is 9.68. The van der Waals surface area contributed by atoms with E-state index >= 15 is 0 Å². The van der Waals surface area contributed by atoms with Gasteiger partial charge in [0.2, 0.25) is 0 Å². The van der Waals surface area contributed by atoms with Gasteiger partial charge in [-0.05, 0) is 44.6 Å². The second-order valence-electron chi connectivity index (χ2n) is 5.27. The summed E-state index contributed by atoms with van der Waals surface area (Å²) >= 11 is 1.87. The molecule has 1 aromatic heterocycles. The maximum absolute atomic E-state index is 4.47. The van der Waals surface area contributed by atoms with E-state index in [0.717, 1.165) is 12.3 Å². The van der Waals surface area contributed by atoms with E-state index in [-0.39, 0.29) is 5.54 Å². The van der Waals surface area contributed by atoms with Gasteiger partial charge in [0, 0.05) is 18.3 Å². The summed E-state index contributed by atoms with van der Waals surface area (Å²) in [4.78, 5) is 4.47. The SMILES string of the molecule is CCCCSc1ncccc1CNC(C)(C)C. The van der Waals surface area contributed by atoms with Crippen molar-refractivity contribution in [2.45, 2.75) is 57.6 Å². The third kappa shape index (κ3) is 6.08. The highest BCUT2D eigenvalue weighted by atomic mass is 32.2. The predicted molar refractivity (Wildman–Crippen MR) is 76.5 cm³/mol. The van der Waals surface area contributed by atoms with Crippen LogP contribution >= 0.6 is 11.8 Å². The Morgan fingerprint density at radius 2 is 2.12 bits per heavy atom. The summed E-state index contributed by atoms with van der Waals surface area (Å²) < 4.78 is 0. The molecule has 1 aromatic rings. The maximum Gasteiger partial charge on any atom is 0.100 e. The van der Waals surface area contributed by atoms with E-state index in [9.17, 15) is 0 Å². The molecule has 17 heavy (non-hydrogen) atoms. The Morgan fingerprint density at radius 3 is 2.76 bits per heavy atom. The van der Waals surface area contributed by atoms with Gasteiger partial charge < -0.3 is 5.32 Å². The molecule has 0 aromatic carbocycles. The van der Waals surface area contributed by atoms with E-state index in [1.807, 2.05) is 24.0 Å². The number of thioether (sulfide) groups is 1. The number of hydrogen-bond donors (Lipinski definition) is 1. The molecular formula is C14H24N2S. The lowest BCUT2D eigenvalue weighted by molar-refractivity contribution is 0.422. The highest BCUT2D eigenvalue weighted by molar-refractivity contribution is 7.99. The van der Waals surface area contributed by atoms with Gasteiger partial charge in [0.15, 0.2) is 0 Å². The highest BCUT2D eigenvalue weighted by Crippen LogP contribution is 2.21. The average Bonchev–Trinajstić information content (AvgIpc) is 2.27. The average molecular weight is 252 g/mol. The smallest absolute Gasteiger partial charge is 0.100 e. The molecule has 1 rings (SSSR count). The van der Waals surface area contributed by atoms with Crippen molar-refractivity contribution in [2.24, 2.45) is 0 Å². The Morgan fingerprint density at radius 1 is 1.35 bits per heavy atom. The number of nitrogens with one attached hydrogen (secondary N) is 1. The molecule has 0 unspecified atom stereocenters. The van der Waals surface area contributed by atoms with Crippen molar-refractivity contribution in [3.05, 3.63) is 23.9 Å². The van der Waals surface area contributed by atoms with Crippen LogP contribution in [0.5, 0.6) is 0 Å². The summed E-state index contributed by atoms with van der Waals surface area (Å²) in [5, 5.41) is 4.69. The van der Waals surface area contributed by atoms with E-state index in [1.165, 1.54) is 23.4 Å². The number of rotatable bonds is 6. The van der Waals surface area contributed by atoms with Gasteiger partial charge in [0.05, 0.1) is 0 Å². The monoisotopic (exact) mass is 252 g/mol. The summed E-state index contributed by atoms with van der Waals surface area (Å²) in [7, 11) is 0. The molecule has 1 N–H and O–H groups in total. The Labute approximate surface area is 110 Å². The topological polar surface area (TPSA) is 24.9 Å². The first kappa shape index (κ1) is 14.5. The third-order valence-corrected chi connectivity index (χ3v) is 3.53.